The lowest BCUT2D eigenvalue weighted by Crippen LogP contribution is -2.21. The Bertz CT molecular complexity index is 469. The summed E-state index contributed by atoms with van der Waals surface area (Å²) in [6.07, 6.45) is 5.09. The van der Waals surface area contributed by atoms with Crippen LogP contribution in [0, 0.1) is 0 Å². The molecule has 5 heteroatoms. The van der Waals surface area contributed by atoms with Gasteiger partial charge in [0, 0.05) is 6.54 Å². The van der Waals surface area contributed by atoms with Gasteiger partial charge >= 0.3 is 0 Å². The lowest BCUT2D eigenvalue weighted by Gasteiger charge is -2.11. The van der Waals surface area contributed by atoms with Crippen molar-refractivity contribution >= 4 is 5.78 Å². The van der Waals surface area contributed by atoms with E-state index >= 15 is 0 Å². The van der Waals surface area contributed by atoms with E-state index in [0.29, 0.717) is 18.0 Å². The van der Waals surface area contributed by atoms with Gasteiger partial charge in [0.2, 0.25) is 5.78 Å². The molecular formula is C15H25N3O2. The average Bonchev–Trinajstić information content (AvgIpc) is 2.85. The summed E-state index contributed by atoms with van der Waals surface area (Å²) in [7, 11) is 5.55. The summed E-state index contributed by atoms with van der Waals surface area (Å²) in [6, 6.07) is 0. The van der Waals surface area contributed by atoms with E-state index in [1.165, 1.54) is 0 Å². The van der Waals surface area contributed by atoms with E-state index in [0.717, 1.165) is 25.0 Å². The molecule has 20 heavy (non-hydrogen) atoms. The molecule has 0 unspecified atom stereocenters. The molecule has 0 amide bonds. The molecule has 0 aliphatic carbocycles. The van der Waals surface area contributed by atoms with E-state index in [1.807, 2.05) is 14.1 Å². The van der Waals surface area contributed by atoms with Crippen LogP contribution in [0.15, 0.2) is 17.8 Å². The fraction of sp³-hybridized carbons (Fsp3) is 0.600. The van der Waals surface area contributed by atoms with E-state index < -0.39 is 0 Å². The van der Waals surface area contributed by atoms with Crippen LogP contribution >= 0.6 is 0 Å². The third-order valence-electron chi connectivity index (χ3n) is 3.26. The van der Waals surface area contributed by atoms with Crippen LogP contribution < -0.4 is 4.74 Å². The number of rotatable bonds is 8. The fourth-order valence-electron chi connectivity index (χ4n) is 1.94. The van der Waals surface area contributed by atoms with E-state index in [-0.39, 0.29) is 5.78 Å². The van der Waals surface area contributed by atoms with E-state index in [4.69, 9.17) is 4.74 Å². The SMILES string of the molecule is CCC(=CC(=O)c1c(OC)cnn1CCN(C)C)CC. The molecule has 0 aromatic carbocycles. The number of carbonyl (C=O) groups is 1. The molecule has 0 atom stereocenters. The number of hydrogen-bond donors (Lipinski definition) is 0. The lowest BCUT2D eigenvalue weighted by molar-refractivity contribution is 0.103. The van der Waals surface area contributed by atoms with Crippen LogP contribution in [0.3, 0.4) is 0 Å². The van der Waals surface area contributed by atoms with Gasteiger partial charge in [0.25, 0.3) is 0 Å². The second-order valence-corrected chi connectivity index (χ2v) is 4.96. The lowest BCUT2D eigenvalue weighted by atomic mass is 10.1. The van der Waals surface area contributed by atoms with Crippen molar-refractivity contribution in [1.82, 2.24) is 14.7 Å². The number of nitrogens with zero attached hydrogens (tertiary/aromatic N) is 3. The van der Waals surface area contributed by atoms with Gasteiger partial charge in [-0.15, -0.1) is 0 Å². The maximum absolute atomic E-state index is 12.4. The maximum atomic E-state index is 12.4. The van der Waals surface area contributed by atoms with Gasteiger partial charge in [-0.25, -0.2) is 0 Å². The second kappa shape index (κ2) is 7.85. The van der Waals surface area contributed by atoms with Crippen molar-refractivity contribution in [1.29, 1.82) is 0 Å². The second-order valence-electron chi connectivity index (χ2n) is 4.96. The van der Waals surface area contributed by atoms with Gasteiger partial charge in [0.05, 0.1) is 19.9 Å². The molecule has 1 heterocycles. The highest BCUT2D eigenvalue weighted by Gasteiger charge is 2.18. The number of methoxy groups -OCH3 is 1. The summed E-state index contributed by atoms with van der Waals surface area (Å²) in [5.41, 5.74) is 1.67. The van der Waals surface area contributed by atoms with Crippen LogP contribution in [0.2, 0.25) is 0 Å². The average molecular weight is 279 g/mol. The topological polar surface area (TPSA) is 47.4 Å². The van der Waals surface area contributed by atoms with Crippen molar-refractivity contribution in [2.24, 2.45) is 0 Å². The van der Waals surface area contributed by atoms with Gasteiger partial charge in [0.1, 0.15) is 0 Å². The van der Waals surface area contributed by atoms with Gasteiger partial charge in [0.15, 0.2) is 11.4 Å². The predicted molar refractivity (Wildman–Crippen MR) is 80.3 cm³/mol. The third kappa shape index (κ3) is 4.20. The standard InChI is InChI=1S/C15H25N3O2/c1-6-12(7-2)10-13(19)15-14(20-5)11-16-18(15)9-8-17(3)4/h10-11H,6-9H2,1-5H3. The van der Waals surface area contributed by atoms with Crippen molar-refractivity contribution in [3.8, 4) is 5.75 Å². The first-order valence-electron chi connectivity index (χ1n) is 7.01. The predicted octanol–water partition coefficient (Wildman–Crippen LogP) is 2.38. The zero-order chi connectivity index (χ0) is 15.1. The van der Waals surface area contributed by atoms with Crippen molar-refractivity contribution in [2.75, 3.05) is 27.7 Å². The van der Waals surface area contributed by atoms with Crippen molar-refractivity contribution in [2.45, 2.75) is 33.2 Å². The molecule has 0 saturated carbocycles. The molecule has 1 rings (SSSR count). The molecule has 0 saturated heterocycles. The molecule has 5 nitrogen and oxygen atoms in total. The van der Waals surface area contributed by atoms with Crippen molar-refractivity contribution < 1.29 is 9.53 Å². The molecule has 0 aliphatic rings. The first kappa shape index (κ1) is 16.4. The van der Waals surface area contributed by atoms with Crippen LogP contribution in [-0.2, 0) is 6.54 Å². The minimum atomic E-state index is -0.0307. The monoisotopic (exact) mass is 279 g/mol. The van der Waals surface area contributed by atoms with E-state index in [9.17, 15) is 4.79 Å². The number of carbonyl (C=O) groups excluding carboxylic acids is 1. The Morgan fingerprint density at radius 2 is 2.05 bits per heavy atom. The maximum Gasteiger partial charge on any atom is 0.207 e. The number of ether oxygens (including phenoxy) is 1. The van der Waals surface area contributed by atoms with Crippen molar-refractivity contribution in [3.05, 3.63) is 23.5 Å². The summed E-state index contributed by atoms with van der Waals surface area (Å²) >= 11 is 0. The first-order chi connectivity index (χ1) is 9.53. The Labute approximate surface area is 121 Å². The summed E-state index contributed by atoms with van der Waals surface area (Å²) in [5, 5.41) is 4.25. The van der Waals surface area contributed by atoms with Crippen LogP contribution in [0.1, 0.15) is 37.2 Å². The van der Waals surface area contributed by atoms with Crippen LogP contribution in [-0.4, -0.2) is 48.2 Å². The van der Waals surface area contributed by atoms with Crippen molar-refractivity contribution in [3.63, 3.8) is 0 Å². The Hall–Kier alpha value is -1.62. The highest BCUT2D eigenvalue weighted by Crippen LogP contribution is 2.20. The van der Waals surface area contributed by atoms with Crippen LogP contribution in [0.25, 0.3) is 0 Å². The van der Waals surface area contributed by atoms with E-state index in [1.54, 1.807) is 24.1 Å². The molecule has 0 spiro atoms. The minimum Gasteiger partial charge on any atom is -0.493 e. The molecular weight excluding hydrogens is 254 g/mol. The number of hydrogen-bond acceptors (Lipinski definition) is 4. The molecule has 0 N–H and O–H groups in total. The Morgan fingerprint density at radius 3 is 2.55 bits per heavy atom. The molecule has 0 bridgehead atoms. The van der Waals surface area contributed by atoms with Crippen LogP contribution in [0.5, 0.6) is 5.75 Å². The Balaban J connectivity index is 3.04. The number of likely N-dealkylation sites (N-methyl/N-ethyl adjacent to an activating group) is 1. The van der Waals surface area contributed by atoms with Gasteiger partial charge in [-0.3, -0.25) is 9.48 Å². The Kier molecular flexibility index (Phi) is 6.45. The number of aromatic nitrogens is 2. The van der Waals surface area contributed by atoms with Gasteiger partial charge in [-0.1, -0.05) is 19.4 Å². The van der Waals surface area contributed by atoms with Crippen LogP contribution in [0.4, 0.5) is 0 Å². The fourth-order valence-corrected chi connectivity index (χ4v) is 1.94. The van der Waals surface area contributed by atoms with Gasteiger partial charge in [-0.2, -0.15) is 5.10 Å². The first-order valence-corrected chi connectivity index (χ1v) is 7.01. The molecule has 112 valence electrons. The van der Waals surface area contributed by atoms with E-state index in [2.05, 4.69) is 23.8 Å². The molecule has 1 aromatic heterocycles. The molecule has 0 radical (unpaired) electrons. The highest BCUT2D eigenvalue weighted by molar-refractivity contribution is 6.05. The number of allylic oxidation sites excluding steroid dienone is 2. The molecule has 0 aliphatic heterocycles. The summed E-state index contributed by atoms with van der Waals surface area (Å²) in [5.74, 6) is 0.508. The van der Waals surface area contributed by atoms with Gasteiger partial charge < -0.3 is 9.64 Å². The van der Waals surface area contributed by atoms with Gasteiger partial charge in [-0.05, 0) is 33.0 Å². The zero-order valence-corrected chi connectivity index (χ0v) is 13.1. The summed E-state index contributed by atoms with van der Waals surface area (Å²) in [4.78, 5) is 14.5. The molecule has 0 fully saturated rings. The number of ketones is 1. The minimum absolute atomic E-state index is 0.0307. The summed E-state index contributed by atoms with van der Waals surface area (Å²) in [6.45, 7) is 5.61. The largest absolute Gasteiger partial charge is 0.493 e. The quantitative estimate of drug-likeness (QED) is 0.541. The Morgan fingerprint density at radius 1 is 1.40 bits per heavy atom. The summed E-state index contributed by atoms with van der Waals surface area (Å²) < 4.78 is 6.98. The normalized spacial score (nSPS) is 10.7. The highest BCUT2D eigenvalue weighted by atomic mass is 16.5. The third-order valence-corrected chi connectivity index (χ3v) is 3.26. The smallest absolute Gasteiger partial charge is 0.207 e. The zero-order valence-electron chi connectivity index (χ0n) is 13.1. The molecule has 1 aromatic rings.